The summed E-state index contributed by atoms with van der Waals surface area (Å²) in [6, 6.07) is 0.395. The third kappa shape index (κ3) is 3.46. The molecule has 1 atom stereocenters. The molecule has 0 radical (unpaired) electrons. The van der Waals surface area contributed by atoms with Crippen LogP contribution in [0.3, 0.4) is 0 Å². The van der Waals surface area contributed by atoms with Gasteiger partial charge in [0.05, 0.1) is 0 Å². The van der Waals surface area contributed by atoms with Crippen molar-refractivity contribution in [3.8, 4) is 0 Å². The second-order valence-electron chi connectivity index (χ2n) is 7.23. The highest BCUT2D eigenvalue weighted by Crippen LogP contribution is 2.17. The molecular formula is C18H28N6O2. The van der Waals surface area contributed by atoms with Gasteiger partial charge in [-0.05, 0) is 33.2 Å². The Kier molecular flexibility index (Phi) is 5.31. The van der Waals surface area contributed by atoms with E-state index in [0.29, 0.717) is 29.7 Å². The minimum absolute atomic E-state index is 0.318. The number of nitrogens with zero attached hydrogens (tertiary/aromatic N) is 4. The molecule has 0 amide bonds. The summed E-state index contributed by atoms with van der Waals surface area (Å²) in [7, 11) is 3.15. The van der Waals surface area contributed by atoms with Gasteiger partial charge in [0.2, 0.25) is 5.95 Å². The van der Waals surface area contributed by atoms with Crippen LogP contribution in [0.2, 0.25) is 0 Å². The molecule has 8 nitrogen and oxygen atoms in total. The predicted octanol–water partition coefficient (Wildman–Crippen LogP) is 0.954. The highest BCUT2D eigenvalue weighted by molar-refractivity contribution is 5.74. The number of aromatic nitrogens is 4. The van der Waals surface area contributed by atoms with Crippen molar-refractivity contribution in [1.29, 1.82) is 0 Å². The van der Waals surface area contributed by atoms with E-state index in [1.165, 1.54) is 24.5 Å². The fraction of sp³-hybridized carbons (Fsp3) is 0.611. The van der Waals surface area contributed by atoms with Crippen LogP contribution >= 0.6 is 0 Å². The molecule has 142 valence electrons. The van der Waals surface area contributed by atoms with Crippen molar-refractivity contribution in [2.24, 2.45) is 14.1 Å². The number of rotatable bonds is 5. The Morgan fingerprint density at radius 2 is 2.04 bits per heavy atom. The second-order valence-corrected chi connectivity index (χ2v) is 7.23. The van der Waals surface area contributed by atoms with Crippen LogP contribution in [0, 0.1) is 0 Å². The standard InChI is InChI=1S/C18H28N6O2/c1-12(2)8-10-24-14-15(22(3)18(26)23(4)16(14)25)21-17(24)20-11-13-7-5-6-9-19-13/h8,13,19H,5-7,9-11H2,1-4H3,(H,20,21). The van der Waals surface area contributed by atoms with Crippen molar-refractivity contribution in [2.45, 2.75) is 45.7 Å². The Bertz CT molecular complexity index is 939. The molecule has 26 heavy (non-hydrogen) atoms. The van der Waals surface area contributed by atoms with Crippen molar-refractivity contribution in [3.05, 3.63) is 32.5 Å². The number of piperidine rings is 1. The molecule has 1 fully saturated rings. The largest absolute Gasteiger partial charge is 0.354 e. The molecule has 1 aliphatic rings. The molecule has 2 aromatic heterocycles. The average molecular weight is 360 g/mol. The van der Waals surface area contributed by atoms with Gasteiger partial charge >= 0.3 is 5.69 Å². The summed E-state index contributed by atoms with van der Waals surface area (Å²) in [5.41, 5.74) is 1.34. The zero-order valence-corrected chi connectivity index (χ0v) is 16.0. The van der Waals surface area contributed by atoms with Crippen LogP contribution in [-0.4, -0.2) is 37.8 Å². The van der Waals surface area contributed by atoms with Crippen molar-refractivity contribution in [1.82, 2.24) is 24.0 Å². The van der Waals surface area contributed by atoms with E-state index >= 15 is 0 Å². The van der Waals surface area contributed by atoms with Gasteiger partial charge in [-0.15, -0.1) is 0 Å². The Morgan fingerprint density at radius 1 is 1.27 bits per heavy atom. The zero-order chi connectivity index (χ0) is 18.8. The zero-order valence-electron chi connectivity index (χ0n) is 16.0. The quantitative estimate of drug-likeness (QED) is 0.776. The Balaban J connectivity index is 2.05. The Morgan fingerprint density at radius 3 is 2.69 bits per heavy atom. The lowest BCUT2D eigenvalue weighted by Gasteiger charge is -2.23. The minimum atomic E-state index is -0.366. The molecule has 0 spiro atoms. The molecule has 0 bridgehead atoms. The van der Waals surface area contributed by atoms with Gasteiger partial charge in [0.15, 0.2) is 11.2 Å². The topological polar surface area (TPSA) is 85.9 Å². The van der Waals surface area contributed by atoms with E-state index in [1.807, 2.05) is 18.4 Å². The smallest absolute Gasteiger partial charge is 0.332 e. The third-order valence-corrected chi connectivity index (χ3v) is 4.95. The molecule has 0 aromatic carbocycles. The molecule has 1 unspecified atom stereocenters. The number of hydrogen-bond donors (Lipinski definition) is 2. The maximum Gasteiger partial charge on any atom is 0.332 e. The van der Waals surface area contributed by atoms with Crippen molar-refractivity contribution in [3.63, 3.8) is 0 Å². The lowest BCUT2D eigenvalue weighted by molar-refractivity contribution is 0.413. The normalized spacial score (nSPS) is 17.5. The number of aryl methyl sites for hydroxylation is 1. The number of allylic oxidation sites excluding steroid dienone is 2. The van der Waals surface area contributed by atoms with Crippen LogP contribution in [0.4, 0.5) is 5.95 Å². The predicted molar refractivity (Wildman–Crippen MR) is 104 cm³/mol. The first-order valence-electron chi connectivity index (χ1n) is 9.17. The van der Waals surface area contributed by atoms with Gasteiger partial charge in [-0.1, -0.05) is 18.1 Å². The summed E-state index contributed by atoms with van der Waals surface area (Å²) in [5.74, 6) is 0.628. The van der Waals surface area contributed by atoms with E-state index < -0.39 is 0 Å². The average Bonchev–Trinajstić information content (AvgIpc) is 3.00. The fourth-order valence-electron chi connectivity index (χ4n) is 3.35. The van der Waals surface area contributed by atoms with Gasteiger partial charge in [-0.25, -0.2) is 4.79 Å². The summed E-state index contributed by atoms with van der Waals surface area (Å²) in [6.07, 6.45) is 5.62. The van der Waals surface area contributed by atoms with Gasteiger partial charge in [-0.2, -0.15) is 4.98 Å². The van der Waals surface area contributed by atoms with Crippen LogP contribution in [-0.2, 0) is 20.6 Å². The number of hydrogen-bond acceptors (Lipinski definition) is 5. The van der Waals surface area contributed by atoms with E-state index in [1.54, 1.807) is 7.05 Å². The van der Waals surface area contributed by atoms with Gasteiger partial charge in [0, 0.05) is 33.2 Å². The summed E-state index contributed by atoms with van der Waals surface area (Å²) in [6.45, 7) is 6.35. The van der Waals surface area contributed by atoms with E-state index in [9.17, 15) is 9.59 Å². The maximum atomic E-state index is 12.7. The molecule has 3 heterocycles. The first-order valence-corrected chi connectivity index (χ1v) is 9.17. The van der Waals surface area contributed by atoms with E-state index in [0.717, 1.165) is 29.7 Å². The van der Waals surface area contributed by atoms with Crippen LogP contribution in [0.15, 0.2) is 21.2 Å². The molecule has 0 aliphatic carbocycles. The maximum absolute atomic E-state index is 12.7. The summed E-state index contributed by atoms with van der Waals surface area (Å²) in [4.78, 5) is 29.5. The summed E-state index contributed by atoms with van der Waals surface area (Å²) >= 11 is 0. The van der Waals surface area contributed by atoms with Crippen LogP contribution in [0.5, 0.6) is 0 Å². The van der Waals surface area contributed by atoms with E-state index in [4.69, 9.17) is 0 Å². The van der Waals surface area contributed by atoms with Crippen LogP contribution < -0.4 is 21.9 Å². The first kappa shape index (κ1) is 18.4. The summed E-state index contributed by atoms with van der Waals surface area (Å²) in [5, 5.41) is 6.89. The summed E-state index contributed by atoms with van der Waals surface area (Å²) < 4.78 is 4.43. The molecule has 0 saturated carbocycles. The van der Waals surface area contributed by atoms with E-state index in [2.05, 4.69) is 21.7 Å². The third-order valence-electron chi connectivity index (χ3n) is 4.95. The SMILES string of the molecule is CC(C)=CCn1c(NCC2CCCCN2)nc2c1c(=O)n(C)c(=O)n2C. The molecule has 2 N–H and O–H groups in total. The Hall–Kier alpha value is -2.35. The minimum Gasteiger partial charge on any atom is -0.354 e. The molecule has 1 saturated heterocycles. The monoisotopic (exact) mass is 360 g/mol. The van der Waals surface area contributed by atoms with Gasteiger partial charge in [0.25, 0.3) is 5.56 Å². The number of imidazole rings is 1. The van der Waals surface area contributed by atoms with Crippen molar-refractivity contribution in [2.75, 3.05) is 18.4 Å². The number of fused-ring (bicyclic) bond motifs is 1. The number of nitrogens with one attached hydrogen (secondary N) is 2. The van der Waals surface area contributed by atoms with Gasteiger partial charge in [0.1, 0.15) is 0 Å². The molecular weight excluding hydrogens is 332 g/mol. The Labute approximate surface area is 152 Å². The van der Waals surface area contributed by atoms with Gasteiger partial charge in [-0.3, -0.25) is 13.9 Å². The molecule has 2 aromatic rings. The van der Waals surface area contributed by atoms with Gasteiger partial charge < -0.3 is 15.2 Å². The lowest BCUT2D eigenvalue weighted by atomic mass is 10.1. The second kappa shape index (κ2) is 7.49. The van der Waals surface area contributed by atoms with Crippen LogP contribution in [0.25, 0.3) is 11.2 Å². The lowest BCUT2D eigenvalue weighted by Crippen LogP contribution is -2.39. The fourth-order valence-corrected chi connectivity index (χ4v) is 3.35. The highest BCUT2D eigenvalue weighted by atomic mass is 16.2. The van der Waals surface area contributed by atoms with Crippen LogP contribution in [0.1, 0.15) is 33.1 Å². The van der Waals surface area contributed by atoms with Crippen molar-refractivity contribution < 1.29 is 0 Å². The molecule has 1 aliphatic heterocycles. The highest BCUT2D eigenvalue weighted by Gasteiger charge is 2.20. The molecule has 8 heteroatoms. The number of anilines is 1. The molecule has 3 rings (SSSR count). The first-order chi connectivity index (χ1) is 12.4. The van der Waals surface area contributed by atoms with Crippen molar-refractivity contribution >= 4 is 17.1 Å². The van der Waals surface area contributed by atoms with E-state index in [-0.39, 0.29) is 11.2 Å².